The van der Waals surface area contributed by atoms with E-state index in [9.17, 15) is 9.18 Å². The van der Waals surface area contributed by atoms with Crippen molar-refractivity contribution in [2.75, 3.05) is 6.61 Å². The molecule has 0 saturated carbocycles. The highest BCUT2D eigenvalue weighted by atomic mass is 35.5. The van der Waals surface area contributed by atoms with E-state index < -0.39 is 11.7 Å². The Hall–Kier alpha value is -1.33. The van der Waals surface area contributed by atoms with E-state index in [4.69, 9.17) is 21.5 Å². The van der Waals surface area contributed by atoms with E-state index in [1.807, 2.05) is 0 Å². The predicted octanol–water partition coefficient (Wildman–Crippen LogP) is 1.36. The van der Waals surface area contributed by atoms with Gasteiger partial charge in [0.25, 0.3) is 5.91 Å². The Morgan fingerprint density at radius 2 is 2.36 bits per heavy atom. The summed E-state index contributed by atoms with van der Waals surface area (Å²) in [6.07, 6.45) is 0. The van der Waals surface area contributed by atoms with Gasteiger partial charge >= 0.3 is 0 Å². The molecule has 0 aliphatic rings. The Labute approximate surface area is 84.2 Å². The second-order valence-corrected chi connectivity index (χ2v) is 2.81. The number of hydrogen-bond donors (Lipinski definition) is 2. The van der Waals surface area contributed by atoms with E-state index >= 15 is 0 Å². The number of hydrogen-bond acceptors (Lipinski definition) is 3. The van der Waals surface area contributed by atoms with Crippen LogP contribution < -0.4 is 10.2 Å². The molecule has 0 unspecified atom stereocenters. The second kappa shape index (κ2) is 4.78. The summed E-state index contributed by atoms with van der Waals surface area (Å²) in [6, 6.07) is 3.68. The Kier molecular flexibility index (Phi) is 3.67. The van der Waals surface area contributed by atoms with Crippen molar-refractivity contribution in [2.24, 2.45) is 0 Å². The topological polar surface area (TPSA) is 58.6 Å². The van der Waals surface area contributed by atoms with E-state index in [1.54, 1.807) is 0 Å². The van der Waals surface area contributed by atoms with Gasteiger partial charge in [-0.15, -0.1) is 0 Å². The molecular formula is C8H7ClFNO3. The highest BCUT2D eigenvalue weighted by Crippen LogP contribution is 2.20. The van der Waals surface area contributed by atoms with Gasteiger partial charge in [-0.1, -0.05) is 11.6 Å². The van der Waals surface area contributed by atoms with Crippen LogP contribution in [-0.4, -0.2) is 17.7 Å². The smallest absolute Gasteiger partial charge is 0.281 e. The Balaban J connectivity index is 2.60. The first-order chi connectivity index (χ1) is 6.63. The summed E-state index contributed by atoms with van der Waals surface area (Å²) >= 11 is 5.46. The number of rotatable bonds is 3. The minimum absolute atomic E-state index is 0.0908. The van der Waals surface area contributed by atoms with Gasteiger partial charge in [-0.25, -0.2) is 9.87 Å². The van der Waals surface area contributed by atoms with Gasteiger partial charge in [0, 0.05) is 6.07 Å². The van der Waals surface area contributed by atoms with E-state index in [0.29, 0.717) is 0 Å². The lowest BCUT2D eigenvalue weighted by atomic mass is 10.3. The first-order valence-electron chi connectivity index (χ1n) is 3.64. The molecule has 0 fully saturated rings. The molecular weight excluding hydrogens is 213 g/mol. The van der Waals surface area contributed by atoms with Crippen molar-refractivity contribution < 1.29 is 19.1 Å². The SMILES string of the molecule is O=C(COc1ccc(F)c(Cl)c1)NO. The molecule has 0 spiro atoms. The lowest BCUT2D eigenvalue weighted by Crippen LogP contribution is -2.25. The number of hydroxylamine groups is 1. The van der Waals surface area contributed by atoms with Crippen LogP contribution in [0.1, 0.15) is 0 Å². The van der Waals surface area contributed by atoms with Crippen molar-refractivity contribution >= 4 is 17.5 Å². The average molecular weight is 220 g/mol. The maximum Gasteiger partial charge on any atom is 0.281 e. The number of carbonyl (C=O) groups is 1. The second-order valence-electron chi connectivity index (χ2n) is 2.40. The average Bonchev–Trinajstić information content (AvgIpc) is 2.19. The summed E-state index contributed by atoms with van der Waals surface area (Å²) < 4.78 is 17.5. The molecule has 14 heavy (non-hydrogen) atoms. The maximum atomic E-state index is 12.7. The zero-order valence-corrected chi connectivity index (χ0v) is 7.71. The normalized spacial score (nSPS) is 9.64. The molecule has 0 aromatic heterocycles. The molecule has 0 bridgehead atoms. The molecule has 0 aliphatic heterocycles. The molecule has 1 aromatic rings. The number of benzene rings is 1. The molecule has 0 heterocycles. The van der Waals surface area contributed by atoms with Gasteiger partial charge in [0.05, 0.1) is 5.02 Å². The van der Waals surface area contributed by atoms with Crippen molar-refractivity contribution in [3.05, 3.63) is 29.0 Å². The highest BCUT2D eigenvalue weighted by molar-refractivity contribution is 6.30. The quantitative estimate of drug-likeness (QED) is 0.596. The van der Waals surface area contributed by atoms with Gasteiger partial charge < -0.3 is 4.74 Å². The van der Waals surface area contributed by atoms with Crippen LogP contribution >= 0.6 is 11.6 Å². The third-order valence-electron chi connectivity index (χ3n) is 1.39. The number of amides is 1. The van der Waals surface area contributed by atoms with Gasteiger partial charge in [-0.2, -0.15) is 0 Å². The lowest BCUT2D eigenvalue weighted by Gasteiger charge is -2.04. The van der Waals surface area contributed by atoms with Crippen molar-refractivity contribution in [3.8, 4) is 5.75 Å². The number of ether oxygens (including phenoxy) is 1. The third-order valence-corrected chi connectivity index (χ3v) is 1.68. The number of nitrogens with one attached hydrogen (secondary N) is 1. The van der Waals surface area contributed by atoms with Crippen LogP contribution in [0.2, 0.25) is 5.02 Å². The molecule has 4 nitrogen and oxygen atoms in total. The monoisotopic (exact) mass is 219 g/mol. The van der Waals surface area contributed by atoms with Gasteiger partial charge in [0.2, 0.25) is 0 Å². The summed E-state index contributed by atoms with van der Waals surface area (Å²) in [5.74, 6) is -1.02. The van der Waals surface area contributed by atoms with Crippen molar-refractivity contribution in [3.63, 3.8) is 0 Å². The Morgan fingerprint density at radius 3 is 2.93 bits per heavy atom. The highest BCUT2D eigenvalue weighted by Gasteiger charge is 2.03. The Morgan fingerprint density at radius 1 is 1.64 bits per heavy atom. The zero-order valence-electron chi connectivity index (χ0n) is 6.96. The molecule has 2 N–H and O–H groups in total. The summed E-state index contributed by atoms with van der Waals surface area (Å²) in [7, 11) is 0. The first-order valence-corrected chi connectivity index (χ1v) is 4.02. The molecule has 1 amide bonds. The van der Waals surface area contributed by atoms with Crippen molar-refractivity contribution in [1.29, 1.82) is 0 Å². The van der Waals surface area contributed by atoms with Gasteiger partial charge in [-0.05, 0) is 12.1 Å². The van der Waals surface area contributed by atoms with Crippen LogP contribution in [0.5, 0.6) is 5.75 Å². The maximum absolute atomic E-state index is 12.7. The van der Waals surface area contributed by atoms with Crippen molar-refractivity contribution in [1.82, 2.24) is 5.48 Å². The van der Waals surface area contributed by atoms with Crippen LogP contribution in [0.15, 0.2) is 18.2 Å². The lowest BCUT2D eigenvalue weighted by molar-refractivity contribution is -0.131. The van der Waals surface area contributed by atoms with Crippen LogP contribution in [0, 0.1) is 5.82 Å². The molecule has 1 aromatic carbocycles. The molecule has 1 rings (SSSR count). The molecule has 0 atom stereocenters. The fraction of sp³-hybridized carbons (Fsp3) is 0.125. The van der Waals surface area contributed by atoms with Crippen LogP contribution in [0.3, 0.4) is 0 Å². The molecule has 0 aliphatic carbocycles. The molecule has 76 valence electrons. The fourth-order valence-corrected chi connectivity index (χ4v) is 0.918. The van der Waals surface area contributed by atoms with Gasteiger partial charge in [-0.3, -0.25) is 10.0 Å². The fourth-order valence-electron chi connectivity index (χ4n) is 0.748. The predicted molar refractivity (Wildman–Crippen MR) is 46.8 cm³/mol. The van der Waals surface area contributed by atoms with E-state index in [0.717, 1.165) is 6.07 Å². The van der Waals surface area contributed by atoms with Crippen LogP contribution in [0.4, 0.5) is 4.39 Å². The van der Waals surface area contributed by atoms with E-state index in [-0.39, 0.29) is 17.4 Å². The number of halogens is 2. The Bertz CT molecular complexity index is 345. The zero-order chi connectivity index (χ0) is 10.6. The molecule has 0 saturated heterocycles. The summed E-state index contributed by atoms with van der Waals surface area (Å²) in [6.45, 7) is -0.363. The number of carbonyl (C=O) groups excluding carboxylic acids is 1. The molecule has 0 radical (unpaired) electrons. The third kappa shape index (κ3) is 2.86. The van der Waals surface area contributed by atoms with Gasteiger partial charge in [0.15, 0.2) is 6.61 Å². The standard InChI is InChI=1S/C8H7ClFNO3/c9-6-3-5(1-2-7(6)10)14-4-8(12)11-13/h1-3,13H,4H2,(H,11,12). The largest absolute Gasteiger partial charge is 0.484 e. The minimum atomic E-state index is -0.703. The summed E-state index contributed by atoms with van der Waals surface area (Å²) in [4.78, 5) is 10.5. The van der Waals surface area contributed by atoms with Crippen molar-refractivity contribution in [2.45, 2.75) is 0 Å². The van der Waals surface area contributed by atoms with Crippen LogP contribution in [0.25, 0.3) is 0 Å². The van der Waals surface area contributed by atoms with Crippen LogP contribution in [-0.2, 0) is 4.79 Å². The summed E-state index contributed by atoms with van der Waals surface area (Å²) in [5.41, 5.74) is 1.39. The van der Waals surface area contributed by atoms with E-state index in [1.165, 1.54) is 17.6 Å². The minimum Gasteiger partial charge on any atom is -0.484 e. The summed E-state index contributed by atoms with van der Waals surface area (Å²) in [5, 5.41) is 8.06. The van der Waals surface area contributed by atoms with Gasteiger partial charge in [0.1, 0.15) is 11.6 Å². The first kappa shape index (κ1) is 10.7. The molecule has 6 heteroatoms. The van der Waals surface area contributed by atoms with E-state index in [2.05, 4.69) is 0 Å².